The SMILES string of the molecule is CCC1(CN[C@H](CCCN(C)CCOC)C(C)C)CCN(Cc2ccccc2)C1. The first kappa shape index (κ1) is 24.3. The molecule has 0 amide bonds. The number of rotatable bonds is 14. The van der Waals surface area contributed by atoms with Crippen LogP contribution >= 0.6 is 0 Å². The summed E-state index contributed by atoms with van der Waals surface area (Å²) in [6.45, 7) is 14.8. The highest BCUT2D eigenvalue weighted by atomic mass is 16.5. The first-order chi connectivity index (χ1) is 14.0. The summed E-state index contributed by atoms with van der Waals surface area (Å²) in [5, 5.41) is 3.98. The molecular formula is C25H45N3O. The Morgan fingerprint density at radius 1 is 1.21 bits per heavy atom. The van der Waals surface area contributed by atoms with E-state index in [0.29, 0.717) is 17.4 Å². The number of hydrogen-bond acceptors (Lipinski definition) is 4. The second-order valence-corrected chi connectivity index (χ2v) is 9.47. The number of likely N-dealkylation sites (tertiary alicyclic amines) is 1. The van der Waals surface area contributed by atoms with Crippen LogP contribution in [0.2, 0.25) is 0 Å². The van der Waals surface area contributed by atoms with Crippen molar-refractivity contribution in [2.75, 3.05) is 53.5 Å². The van der Waals surface area contributed by atoms with Gasteiger partial charge in [0.05, 0.1) is 6.61 Å². The van der Waals surface area contributed by atoms with E-state index in [9.17, 15) is 0 Å². The minimum atomic E-state index is 0.428. The summed E-state index contributed by atoms with van der Waals surface area (Å²) in [7, 11) is 3.98. The highest BCUT2D eigenvalue weighted by Gasteiger charge is 2.36. The molecule has 0 bridgehead atoms. The molecule has 1 saturated heterocycles. The van der Waals surface area contributed by atoms with Crippen molar-refractivity contribution in [1.82, 2.24) is 15.1 Å². The summed E-state index contributed by atoms with van der Waals surface area (Å²) in [5.74, 6) is 0.676. The predicted octanol–water partition coefficient (Wildman–Crippen LogP) is 4.26. The van der Waals surface area contributed by atoms with Gasteiger partial charge in [-0.25, -0.2) is 0 Å². The minimum absolute atomic E-state index is 0.428. The molecule has 1 heterocycles. The molecule has 166 valence electrons. The third kappa shape index (κ3) is 8.37. The average molecular weight is 404 g/mol. The van der Waals surface area contributed by atoms with Crippen LogP contribution < -0.4 is 5.32 Å². The zero-order chi connectivity index (χ0) is 21.1. The zero-order valence-corrected chi connectivity index (χ0v) is 19.6. The van der Waals surface area contributed by atoms with Gasteiger partial charge in [-0.2, -0.15) is 0 Å². The molecule has 2 atom stereocenters. The Morgan fingerprint density at radius 3 is 2.62 bits per heavy atom. The van der Waals surface area contributed by atoms with Crippen LogP contribution in [0, 0.1) is 11.3 Å². The summed E-state index contributed by atoms with van der Waals surface area (Å²) >= 11 is 0. The standard InChI is InChI=1S/C25H45N3O/c1-6-25(14-16-28(21-25)19-23-11-8-7-9-12-23)20-26-24(22(2)3)13-10-15-27(4)17-18-29-5/h7-9,11-12,22,24,26H,6,10,13-21H2,1-5H3/t24-,25?/m1/s1. The molecule has 0 aromatic heterocycles. The summed E-state index contributed by atoms with van der Waals surface area (Å²) in [5.41, 5.74) is 1.86. The van der Waals surface area contributed by atoms with Gasteiger partial charge in [0.15, 0.2) is 0 Å². The van der Waals surface area contributed by atoms with Gasteiger partial charge in [0.2, 0.25) is 0 Å². The first-order valence-electron chi connectivity index (χ1n) is 11.6. The Balaban J connectivity index is 1.79. The van der Waals surface area contributed by atoms with E-state index in [4.69, 9.17) is 4.74 Å². The van der Waals surface area contributed by atoms with Crippen LogP contribution in [-0.2, 0) is 11.3 Å². The van der Waals surface area contributed by atoms with E-state index in [2.05, 4.69) is 73.3 Å². The topological polar surface area (TPSA) is 27.7 Å². The van der Waals surface area contributed by atoms with E-state index in [1.54, 1.807) is 7.11 Å². The highest BCUT2D eigenvalue weighted by molar-refractivity contribution is 5.14. The van der Waals surface area contributed by atoms with Crippen LogP contribution in [0.1, 0.15) is 52.0 Å². The summed E-state index contributed by atoms with van der Waals surface area (Å²) in [4.78, 5) is 5.03. The maximum Gasteiger partial charge on any atom is 0.0589 e. The molecule has 0 radical (unpaired) electrons. The quantitative estimate of drug-likeness (QED) is 0.502. The molecule has 1 aromatic rings. The van der Waals surface area contributed by atoms with Crippen molar-refractivity contribution in [2.24, 2.45) is 11.3 Å². The Morgan fingerprint density at radius 2 is 1.97 bits per heavy atom. The van der Waals surface area contributed by atoms with Crippen LogP contribution in [0.5, 0.6) is 0 Å². The normalized spacial score (nSPS) is 21.3. The molecule has 0 aliphatic carbocycles. The molecule has 2 rings (SSSR count). The number of likely N-dealkylation sites (N-methyl/N-ethyl adjacent to an activating group) is 1. The van der Waals surface area contributed by atoms with Crippen LogP contribution in [0.4, 0.5) is 0 Å². The Labute approximate surface area is 180 Å². The largest absolute Gasteiger partial charge is 0.383 e. The fourth-order valence-electron chi connectivity index (χ4n) is 4.52. The third-order valence-electron chi connectivity index (χ3n) is 6.79. The van der Waals surface area contributed by atoms with Crippen LogP contribution in [-0.4, -0.2) is 69.3 Å². The van der Waals surface area contributed by atoms with Crippen LogP contribution in [0.3, 0.4) is 0 Å². The number of nitrogens with zero attached hydrogens (tertiary/aromatic N) is 2. The van der Waals surface area contributed by atoms with Crippen molar-refractivity contribution in [1.29, 1.82) is 0 Å². The maximum absolute atomic E-state index is 5.19. The average Bonchev–Trinajstić information content (AvgIpc) is 3.12. The van der Waals surface area contributed by atoms with Gasteiger partial charge < -0.3 is 15.0 Å². The second kappa shape index (κ2) is 12.7. The van der Waals surface area contributed by atoms with E-state index in [-0.39, 0.29) is 0 Å². The molecule has 1 aliphatic rings. The number of nitrogens with one attached hydrogen (secondary N) is 1. The summed E-state index contributed by atoms with van der Waals surface area (Å²) in [6, 6.07) is 11.5. The zero-order valence-electron chi connectivity index (χ0n) is 19.6. The van der Waals surface area contributed by atoms with Gasteiger partial charge in [0.1, 0.15) is 0 Å². The minimum Gasteiger partial charge on any atom is -0.383 e. The maximum atomic E-state index is 5.19. The molecule has 0 saturated carbocycles. The summed E-state index contributed by atoms with van der Waals surface area (Å²) < 4.78 is 5.19. The van der Waals surface area contributed by atoms with E-state index >= 15 is 0 Å². The number of hydrogen-bond donors (Lipinski definition) is 1. The molecule has 29 heavy (non-hydrogen) atoms. The van der Waals surface area contributed by atoms with Crippen molar-refractivity contribution in [3.8, 4) is 0 Å². The lowest BCUT2D eigenvalue weighted by Gasteiger charge is -2.33. The van der Waals surface area contributed by atoms with Crippen LogP contribution in [0.15, 0.2) is 30.3 Å². The van der Waals surface area contributed by atoms with Gasteiger partial charge in [-0.15, -0.1) is 0 Å². The summed E-state index contributed by atoms with van der Waals surface area (Å²) in [6.07, 6.45) is 5.07. The smallest absolute Gasteiger partial charge is 0.0589 e. The van der Waals surface area contributed by atoms with E-state index in [0.717, 1.165) is 32.8 Å². The van der Waals surface area contributed by atoms with Gasteiger partial charge in [-0.3, -0.25) is 4.90 Å². The molecule has 1 unspecified atom stereocenters. The lowest BCUT2D eigenvalue weighted by Crippen LogP contribution is -2.43. The van der Waals surface area contributed by atoms with Gasteiger partial charge in [0.25, 0.3) is 0 Å². The van der Waals surface area contributed by atoms with Crippen molar-refractivity contribution >= 4 is 0 Å². The van der Waals surface area contributed by atoms with Gasteiger partial charge >= 0.3 is 0 Å². The molecule has 1 aliphatic heterocycles. The van der Waals surface area contributed by atoms with Gasteiger partial charge in [-0.1, -0.05) is 51.1 Å². The highest BCUT2D eigenvalue weighted by Crippen LogP contribution is 2.34. The molecule has 1 N–H and O–H groups in total. The second-order valence-electron chi connectivity index (χ2n) is 9.47. The van der Waals surface area contributed by atoms with Crippen molar-refractivity contribution in [3.63, 3.8) is 0 Å². The number of ether oxygens (including phenoxy) is 1. The fourth-order valence-corrected chi connectivity index (χ4v) is 4.52. The van der Waals surface area contributed by atoms with Gasteiger partial charge in [0, 0.05) is 39.3 Å². The van der Waals surface area contributed by atoms with Crippen molar-refractivity contribution in [3.05, 3.63) is 35.9 Å². The predicted molar refractivity (Wildman–Crippen MR) is 124 cm³/mol. The molecular weight excluding hydrogens is 358 g/mol. The third-order valence-corrected chi connectivity index (χ3v) is 6.79. The number of benzene rings is 1. The Bertz CT molecular complexity index is 550. The van der Waals surface area contributed by atoms with Gasteiger partial charge in [-0.05, 0) is 62.7 Å². The fraction of sp³-hybridized carbons (Fsp3) is 0.760. The molecule has 0 spiro atoms. The van der Waals surface area contributed by atoms with E-state index in [1.807, 2.05) is 0 Å². The number of methoxy groups -OCH3 is 1. The Hall–Kier alpha value is -0.940. The monoisotopic (exact) mass is 403 g/mol. The molecule has 1 aromatic carbocycles. The van der Waals surface area contributed by atoms with Crippen LogP contribution in [0.25, 0.3) is 0 Å². The molecule has 1 fully saturated rings. The molecule has 4 nitrogen and oxygen atoms in total. The lowest BCUT2D eigenvalue weighted by atomic mass is 9.83. The first-order valence-corrected chi connectivity index (χ1v) is 11.6. The molecule has 4 heteroatoms. The van der Waals surface area contributed by atoms with E-state index < -0.39 is 0 Å². The Kier molecular flexibility index (Phi) is 10.6. The van der Waals surface area contributed by atoms with E-state index in [1.165, 1.54) is 44.3 Å². The van der Waals surface area contributed by atoms with Crippen molar-refractivity contribution in [2.45, 2.75) is 59.0 Å². The van der Waals surface area contributed by atoms with Crippen molar-refractivity contribution < 1.29 is 4.74 Å². The lowest BCUT2D eigenvalue weighted by molar-refractivity contribution is 0.158.